The van der Waals surface area contributed by atoms with Gasteiger partial charge in [-0.05, 0) is 41.8 Å². The van der Waals surface area contributed by atoms with Crippen molar-refractivity contribution in [1.82, 2.24) is 4.57 Å². The molecule has 0 saturated heterocycles. The van der Waals surface area contributed by atoms with Gasteiger partial charge in [-0.1, -0.05) is 53.5 Å². The van der Waals surface area contributed by atoms with Gasteiger partial charge in [0.25, 0.3) is 11.2 Å². The molecule has 1 aromatic heterocycles. The summed E-state index contributed by atoms with van der Waals surface area (Å²) < 4.78 is 1.42. The fraction of sp³-hybridized carbons (Fsp3) is 0.0909. The van der Waals surface area contributed by atoms with Crippen LogP contribution in [0.1, 0.15) is 27.2 Å². The molecular formula is C22H16Cl2N2O5. The smallest absolute Gasteiger partial charge is 0.335 e. The van der Waals surface area contributed by atoms with E-state index in [-0.39, 0.29) is 27.8 Å². The van der Waals surface area contributed by atoms with Crippen molar-refractivity contribution in [1.29, 1.82) is 0 Å². The minimum atomic E-state index is -1.02. The van der Waals surface area contributed by atoms with Crippen LogP contribution < -0.4 is 5.56 Å². The van der Waals surface area contributed by atoms with Gasteiger partial charge in [0.15, 0.2) is 0 Å². The molecule has 1 N–H and O–H groups in total. The fourth-order valence-electron chi connectivity index (χ4n) is 2.98. The van der Waals surface area contributed by atoms with E-state index in [1.807, 2.05) is 0 Å². The molecule has 0 fully saturated rings. The minimum absolute atomic E-state index is 0.0290. The van der Waals surface area contributed by atoms with Gasteiger partial charge in [0.2, 0.25) is 0 Å². The van der Waals surface area contributed by atoms with Gasteiger partial charge < -0.3 is 9.67 Å². The summed E-state index contributed by atoms with van der Waals surface area (Å²) >= 11 is 12.3. The normalized spacial score (nSPS) is 11.0. The number of carboxylic acid groups (broad SMARTS) is 1. The lowest BCUT2D eigenvalue weighted by Gasteiger charge is -2.13. The van der Waals surface area contributed by atoms with Crippen LogP contribution in [0.5, 0.6) is 0 Å². The highest BCUT2D eigenvalue weighted by Crippen LogP contribution is 2.22. The third-order valence-corrected chi connectivity index (χ3v) is 5.15. The Morgan fingerprint density at radius 3 is 2.42 bits per heavy atom. The number of halogens is 2. The Kier molecular flexibility index (Phi) is 6.89. The number of non-ortho nitro benzene ring substituents is 1. The monoisotopic (exact) mass is 458 g/mol. The largest absolute Gasteiger partial charge is 0.478 e. The molecule has 7 nitrogen and oxygen atoms in total. The maximum Gasteiger partial charge on any atom is 0.335 e. The number of aromatic carboxylic acids is 1. The van der Waals surface area contributed by atoms with Gasteiger partial charge in [-0.15, -0.1) is 0 Å². The highest BCUT2D eigenvalue weighted by molar-refractivity contribution is 6.35. The van der Waals surface area contributed by atoms with E-state index in [1.165, 1.54) is 34.9 Å². The minimum Gasteiger partial charge on any atom is -0.478 e. The van der Waals surface area contributed by atoms with Crippen LogP contribution in [0.15, 0.2) is 59.4 Å². The predicted octanol–water partition coefficient (Wildman–Crippen LogP) is 5.17. The van der Waals surface area contributed by atoms with Crippen molar-refractivity contribution in [2.24, 2.45) is 0 Å². The lowest BCUT2D eigenvalue weighted by molar-refractivity contribution is -0.384. The molecule has 0 unspecified atom stereocenters. The van der Waals surface area contributed by atoms with Crippen molar-refractivity contribution in [3.63, 3.8) is 0 Å². The van der Waals surface area contributed by atoms with Crippen LogP contribution in [0.4, 0.5) is 5.69 Å². The highest BCUT2D eigenvalue weighted by atomic mass is 35.5. The topological polar surface area (TPSA) is 102 Å². The van der Waals surface area contributed by atoms with Crippen LogP contribution in [-0.4, -0.2) is 20.6 Å². The second-order valence-electron chi connectivity index (χ2n) is 6.62. The predicted molar refractivity (Wildman–Crippen MR) is 120 cm³/mol. The number of nitrogens with zero attached hydrogens (tertiary/aromatic N) is 2. The van der Waals surface area contributed by atoms with Gasteiger partial charge in [0, 0.05) is 18.7 Å². The zero-order valence-electron chi connectivity index (χ0n) is 16.0. The quantitative estimate of drug-likeness (QED) is 0.388. The first kappa shape index (κ1) is 22.3. The maximum atomic E-state index is 12.6. The van der Waals surface area contributed by atoms with E-state index in [0.717, 1.165) is 5.56 Å². The third-order valence-electron chi connectivity index (χ3n) is 4.58. The summed E-state index contributed by atoms with van der Waals surface area (Å²) in [5.74, 6) is -1.02. The van der Waals surface area contributed by atoms with Gasteiger partial charge in [0.05, 0.1) is 21.2 Å². The SMILES string of the molecule is O=C(O)c1ccc(CCn2c(/C=C/c3cccc([N+](=O)[O-])c3)c(Cl)cc(Cl)c2=O)cc1. The number of carboxylic acids is 1. The van der Waals surface area contributed by atoms with E-state index in [0.29, 0.717) is 17.7 Å². The number of hydrogen-bond acceptors (Lipinski definition) is 4. The number of hydrogen-bond donors (Lipinski definition) is 1. The van der Waals surface area contributed by atoms with Crippen LogP contribution in [0.25, 0.3) is 12.2 Å². The lowest BCUT2D eigenvalue weighted by Crippen LogP contribution is -2.24. The zero-order valence-corrected chi connectivity index (χ0v) is 17.5. The zero-order chi connectivity index (χ0) is 22.5. The fourth-order valence-corrected chi connectivity index (χ4v) is 3.52. The maximum absolute atomic E-state index is 12.6. The summed E-state index contributed by atoms with van der Waals surface area (Å²) in [5, 5.41) is 20.2. The molecule has 0 bridgehead atoms. The summed E-state index contributed by atoms with van der Waals surface area (Å²) in [5.41, 5.74) is 1.51. The first-order valence-corrected chi connectivity index (χ1v) is 9.85. The summed E-state index contributed by atoms with van der Waals surface area (Å²) in [6.45, 7) is 0.250. The Morgan fingerprint density at radius 1 is 1.06 bits per heavy atom. The first-order chi connectivity index (χ1) is 14.8. The Bertz CT molecular complexity index is 1230. The van der Waals surface area contributed by atoms with Crippen LogP contribution in [0, 0.1) is 10.1 Å². The van der Waals surface area contributed by atoms with Gasteiger partial charge in [-0.25, -0.2) is 4.79 Å². The number of benzene rings is 2. The van der Waals surface area contributed by atoms with Crippen molar-refractivity contribution in [3.05, 3.63) is 107 Å². The van der Waals surface area contributed by atoms with Gasteiger partial charge in [-0.2, -0.15) is 0 Å². The standard InChI is InChI=1S/C22H16Cl2N2O5/c23-18-13-19(24)21(27)25(11-10-14-4-7-16(8-5-14)22(28)29)20(18)9-6-15-2-1-3-17(12-15)26(30)31/h1-9,12-13H,10-11H2,(H,28,29)/b9-6+. The molecule has 31 heavy (non-hydrogen) atoms. The molecule has 9 heteroatoms. The van der Waals surface area contributed by atoms with E-state index in [4.69, 9.17) is 28.3 Å². The summed E-state index contributed by atoms with van der Waals surface area (Å²) in [4.78, 5) is 34.1. The Balaban J connectivity index is 1.91. The molecule has 0 saturated carbocycles. The van der Waals surface area contributed by atoms with Crippen molar-refractivity contribution in [2.45, 2.75) is 13.0 Å². The number of aryl methyl sites for hydroxylation is 1. The molecule has 0 amide bonds. The van der Waals surface area contributed by atoms with Crippen molar-refractivity contribution in [2.75, 3.05) is 0 Å². The highest BCUT2D eigenvalue weighted by Gasteiger charge is 2.12. The van der Waals surface area contributed by atoms with E-state index >= 15 is 0 Å². The van der Waals surface area contributed by atoms with Crippen molar-refractivity contribution >= 4 is 47.0 Å². The summed E-state index contributed by atoms with van der Waals surface area (Å²) in [7, 11) is 0. The Morgan fingerprint density at radius 2 is 1.77 bits per heavy atom. The van der Waals surface area contributed by atoms with Crippen molar-refractivity contribution < 1.29 is 14.8 Å². The Labute approximate surface area is 186 Å². The van der Waals surface area contributed by atoms with Crippen LogP contribution in [0.2, 0.25) is 10.0 Å². The number of rotatable bonds is 7. The number of pyridine rings is 1. The number of nitro benzene ring substituents is 1. The molecule has 158 valence electrons. The summed E-state index contributed by atoms with van der Waals surface area (Å²) in [6.07, 6.45) is 3.67. The van der Waals surface area contributed by atoms with E-state index in [2.05, 4.69) is 0 Å². The lowest BCUT2D eigenvalue weighted by atomic mass is 10.1. The van der Waals surface area contributed by atoms with Crippen LogP contribution >= 0.6 is 23.2 Å². The van der Waals surface area contributed by atoms with Gasteiger partial charge in [0.1, 0.15) is 5.02 Å². The van der Waals surface area contributed by atoms with E-state index < -0.39 is 16.5 Å². The molecule has 0 radical (unpaired) electrons. The third kappa shape index (κ3) is 5.39. The van der Waals surface area contributed by atoms with Gasteiger partial charge >= 0.3 is 5.97 Å². The summed E-state index contributed by atoms with van der Waals surface area (Å²) in [6, 6.07) is 13.8. The van der Waals surface area contributed by atoms with Gasteiger partial charge in [-0.3, -0.25) is 14.9 Å². The second kappa shape index (κ2) is 9.59. The van der Waals surface area contributed by atoms with Crippen molar-refractivity contribution in [3.8, 4) is 0 Å². The molecule has 0 aliphatic heterocycles. The molecule has 1 heterocycles. The number of aromatic nitrogens is 1. The van der Waals surface area contributed by atoms with E-state index in [1.54, 1.807) is 36.4 Å². The number of carbonyl (C=O) groups is 1. The molecule has 3 rings (SSSR count). The average molecular weight is 459 g/mol. The first-order valence-electron chi connectivity index (χ1n) is 9.10. The number of nitro groups is 1. The molecule has 0 spiro atoms. The molecule has 0 atom stereocenters. The second-order valence-corrected chi connectivity index (χ2v) is 7.43. The molecule has 0 aliphatic carbocycles. The Hall–Kier alpha value is -3.42. The van der Waals surface area contributed by atoms with Crippen LogP contribution in [0.3, 0.4) is 0 Å². The average Bonchev–Trinajstić information content (AvgIpc) is 2.75. The molecular weight excluding hydrogens is 443 g/mol. The van der Waals surface area contributed by atoms with Crippen LogP contribution in [-0.2, 0) is 13.0 Å². The molecule has 3 aromatic rings. The molecule has 2 aromatic carbocycles. The van der Waals surface area contributed by atoms with E-state index in [9.17, 15) is 19.7 Å². The molecule has 0 aliphatic rings.